The van der Waals surface area contributed by atoms with Gasteiger partial charge in [-0.05, 0) is 49.4 Å². The summed E-state index contributed by atoms with van der Waals surface area (Å²) in [5.41, 5.74) is 5.87. The van der Waals surface area contributed by atoms with Crippen LogP contribution in [0.1, 0.15) is 6.92 Å². The van der Waals surface area contributed by atoms with Crippen LogP contribution in [-0.4, -0.2) is 15.0 Å². The van der Waals surface area contributed by atoms with Crippen molar-refractivity contribution in [1.29, 1.82) is 0 Å². The van der Waals surface area contributed by atoms with Gasteiger partial charge in [0.15, 0.2) is 0 Å². The summed E-state index contributed by atoms with van der Waals surface area (Å²) in [6, 6.07) is 9.75. The van der Waals surface area contributed by atoms with Gasteiger partial charge in [0.2, 0.25) is 0 Å². The van der Waals surface area contributed by atoms with E-state index in [2.05, 4.69) is 4.72 Å². The number of sulfonamides is 1. The molecule has 2 rings (SSSR count). The van der Waals surface area contributed by atoms with Crippen LogP contribution in [0.15, 0.2) is 47.4 Å². The lowest BCUT2D eigenvalue weighted by molar-refractivity contribution is 0.340. The predicted molar refractivity (Wildman–Crippen MR) is 79.2 cm³/mol. The van der Waals surface area contributed by atoms with Crippen molar-refractivity contribution in [2.45, 2.75) is 11.8 Å². The van der Waals surface area contributed by atoms with E-state index in [4.69, 9.17) is 10.5 Å². The van der Waals surface area contributed by atoms with Crippen LogP contribution in [0.25, 0.3) is 0 Å². The average Bonchev–Trinajstić information content (AvgIpc) is 2.40. The zero-order valence-corrected chi connectivity index (χ0v) is 12.2. The number of nitrogens with one attached hydrogen (secondary N) is 1. The molecular weight excluding hydrogens is 295 g/mol. The summed E-state index contributed by atoms with van der Waals surface area (Å²) >= 11 is 0. The van der Waals surface area contributed by atoms with Gasteiger partial charge in [-0.1, -0.05) is 0 Å². The molecule has 0 atom stereocenters. The monoisotopic (exact) mass is 310 g/mol. The summed E-state index contributed by atoms with van der Waals surface area (Å²) in [5, 5.41) is 0. The van der Waals surface area contributed by atoms with E-state index >= 15 is 0 Å². The molecule has 0 unspecified atom stereocenters. The maximum Gasteiger partial charge on any atom is 0.264 e. The lowest BCUT2D eigenvalue weighted by Gasteiger charge is -2.10. The van der Waals surface area contributed by atoms with Gasteiger partial charge in [0.1, 0.15) is 16.5 Å². The summed E-state index contributed by atoms with van der Waals surface area (Å²) in [6.07, 6.45) is 0. The zero-order valence-electron chi connectivity index (χ0n) is 11.3. The largest absolute Gasteiger partial charge is 0.494 e. The average molecular weight is 310 g/mol. The molecule has 5 nitrogen and oxygen atoms in total. The Bertz CT molecular complexity index is 730. The van der Waals surface area contributed by atoms with E-state index in [9.17, 15) is 12.8 Å². The summed E-state index contributed by atoms with van der Waals surface area (Å²) in [6.45, 7) is 2.36. The third-order valence-corrected chi connectivity index (χ3v) is 4.08. The van der Waals surface area contributed by atoms with Crippen molar-refractivity contribution in [2.24, 2.45) is 0 Å². The van der Waals surface area contributed by atoms with E-state index < -0.39 is 20.7 Å². The molecule has 0 aliphatic rings. The number of halogens is 1. The van der Waals surface area contributed by atoms with Crippen LogP contribution < -0.4 is 15.2 Å². The minimum Gasteiger partial charge on any atom is -0.494 e. The van der Waals surface area contributed by atoms with E-state index in [0.29, 0.717) is 18.0 Å². The number of hydrogen-bond donors (Lipinski definition) is 2. The van der Waals surface area contributed by atoms with E-state index in [0.717, 1.165) is 12.1 Å². The molecule has 0 saturated heterocycles. The number of hydrogen-bond acceptors (Lipinski definition) is 4. The van der Waals surface area contributed by atoms with Gasteiger partial charge in [-0.2, -0.15) is 0 Å². The molecule has 3 N–H and O–H groups in total. The summed E-state index contributed by atoms with van der Waals surface area (Å²) in [7, 11) is -4.01. The fourth-order valence-electron chi connectivity index (χ4n) is 1.73. The number of rotatable bonds is 5. The standard InChI is InChI=1S/C14H15FN2O3S/c1-2-20-12-6-4-11(5-7-12)17-21(18,19)14-8-3-10(16)9-13(14)15/h3-9,17H,2,16H2,1H3. The second-order valence-corrected chi connectivity index (χ2v) is 5.90. The number of benzene rings is 2. The Kier molecular flexibility index (Phi) is 4.32. The van der Waals surface area contributed by atoms with Crippen molar-refractivity contribution in [3.8, 4) is 5.75 Å². The first-order valence-corrected chi connectivity index (χ1v) is 7.71. The number of nitrogens with two attached hydrogens (primary N) is 1. The highest BCUT2D eigenvalue weighted by Crippen LogP contribution is 2.22. The SMILES string of the molecule is CCOc1ccc(NS(=O)(=O)c2ccc(N)cc2F)cc1. The second-order valence-electron chi connectivity index (χ2n) is 4.25. The Labute approximate surface area is 122 Å². The highest BCUT2D eigenvalue weighted by Gasteiger charge is 2.19. The molecule has 0 bridgehead atoms. The molecule has 0 aliphatic heterocycles. The third-order valence-electron chi connectivity index (χ3n) is 2.66. The molecule has 2 aromatic carbocycles. The Balaban J connectivity index is 2.24. The van der Waals surface area contributed by atoms with Crippen LogP contribution in [0.3, 0.4) is 0 Å². The summed E-state index contributed by atoms with van der Waals surface area (Å²) in [5.74, 6) is -0.271. The highest BCUT2D eigenvalue weighted by atomic mass is 32.2. The molecule has 0 aromatic heterocycles. The molecule has 0 spiro atoms. The van der Waals surface area contributed by atoms with Gasteiger partial charge >= 0.3 is 0 Å². The highest BCUT2D eigenvalue weighted by molar-refractivity contribution is 7.92. The lowest BCUT2D eigenvalue weighted by Crippen LogP contribution is -2.14. The van der Waals surface area contributed by atoms with Crippen LogP contribution in [0.5, 0.6) is 5.75 Å². The van der Waals surface area contributed by atoms with Crippen molar-refractivity contribution in [3.63, 3.8) is 0 Å². The van der Waals surface area contributed by atoms with Crippen LogP contribution in [-0.2, 0) is 10.0 Å². The van der Waals surface area contributed by atoms with Crippen LogP contribution in [0, 0.1) is 5.82 Å². The molecule has 0 amide bonds. The van der Waals surface area contributed by atoms with Crippen LogP contribution >= 0.6 is 0 Å². The molecular formula is C14H15FN2O3S. The first kappa shape index (κ1) is 15.1. The van der Waals surface area contributed by atoms with Crippen molar-refractivity contribution in [1.82, 2.24) is 0 Å². The van der Waals surface area contributed by atoms with E-state index in [1.54, 1.807) is 12.1 Å². The van der Waals surface area contributed by atoms with Gasteiger partial charge in [-0.25, -0.2) is 12.8 Å². The van der Waals surface area contributed by atoms with Gasteiger partial charge in [-0.15, -0.1) is 0 Å². The third kappa shape index (κ3) is 3.63. The normalized spacial score (nSPS) is 11.1. The van der Waals surface area contributed by atoms with Gasteiger partial charge in [0.05, 0.1) is 6.61 Å². The molecule has 0 saturated carbocycles. The zero-order chi connectivity index (χ0) is 15.5. The summed E-state index contributed by atoms with van der Waals surface area (Å²) in [4.78, 5) is -0.453. The topological polar surface area (TPSA) is 81.4 Å². The van der Waals surface area contributed by atoms with Crippen molar-refractivity contribution in [3.05, 3.63) is 48.3 Å². The molecule has 2 aromatic rings. The minimum absolute atomic E-state index is 0.160. The molecule has 0 aliphatic carbocycles. The van der Waals surface area contributed by atoms with Crippen LogP contribution in [0.4, 0.5) is 15.8 Å². The quantitative estimate of drug-likeness (QED) is 0.832. The van der Waals surface area contributed by atoms with E-state index in [1.165, 1.54) is 18.2 Å². The van der Waals surface area contributed by atoms with E-state index in [-0.39, 0.29) is 5.69 Å². The molecule has 0 heterocycles. The number of nitrogen functional groups attached to an aromatic ring is 1. The minimum atomic E-state index is -4.01. The van der Waals surface area contributed by atoms with Crippen molar-refractivity contribution >= 4 is 21.4 Å². The Morgan fingerprint density at radius 2 is 1.86 bits per heavy atom. The first-order chi connectivity index (χ1) is 9.92. The molecule has 0 radical (unpaired) electrons. The Morgan fingerprint density at radius 1 is 1.19 bits per heavy atom. The van der Waals surface area contributed by atoms with Gasteiger partial charge in [0.25, 0.3) is 10.0 Å². The van der Waals surface area contributed by atoms with Gasteiger partial charge in [-0.3, -0.25) is 4.72 Å². The number of ether oxygens (including phenoxy) is 1. The van der Waals surface area contributed by atoms with Gasteiger partial charge < -0.3 is 10.5 Å². The van der Waals surface area contributed by atoms with Crippen molar-refractivity contribution in [2.75, 3.05) is 17.1 Å². The number of anilines is 2. The summed E-state index contributed by atoms with van der Waals surface area (Å²) < 4.78 is 45.5. The molecule has 7 heteroatoms. The fraction of sp³-hybridized carbons (Fsp3) is 0.143. The Hall–Kier alpha value is -2.28. The predicted octanol–water partition coefficient (Wildman–Crippen LogP) is 2.61. The first-order valence-electron chi connectivity index (χ1n) is 6.23. The van der Waals surface area contributed by atoms with E-state index in [1.807, 2.05) is 6.92 Å². The molecule has 21 heavy (non-hydrogen) atoms. The van der Waals surface area contributed by atoms with Crippen molar-refractivity contribution < 1.29 is 17.5 Å². The fourth-order valence-corrected chi connectivity index (χ4v) is 2.85. The maximum atomic E-state index is 13.7. The van der Waals surface area contributed by atoms with Crippen LogP contribution in [0.2, 0.25) is 0 Å². The lowest BCUT2D eigenvalue weighted by atomic mass is 10.3. The van der Waals surface area contributed by atoms with Gasteiger partial charge in [0, 0.05) is 11.4 Å². The maximum absolute atomic E-state index is 13.7. The Morgan fingerprint density at radius 3 is 2.43 bits per heavy atom. The second kappa shape index (κ2) is 6.01. The molecule has 112 valence electrons. The molecule has 0 fully saturated rings. The smallest absolute Gasteiger partial charge is 0.264 e.